The Labute approximate surface area is 195 Å². The van der Waals surface area contributed by atoms with E-state index < -0.39 is 0 Å². The molecule has 0 saturated heterocycles. The third kappa shape index (κ3) is 3.74. The van der Waals surface area contributed by atoms with Crippen LogP contribution in [-0.2, 0) is 10.8 Å². The standard InChI is InChI=1S/C30H29N3/c1-29(2,22-12-7-5-8-13-22)24-18-21(26-16-11-17-27-28(26)32-33-31-27)19-25(20-24)30(3,4)23-14-9-6-10-15-23/h5-20H,1-4H3,(H,31,32,33). The number of nitrogens with zero attached hydrogens (tertiary/aromatic N) is 2. The van der Waals surface area contributed by atoms with E-state index in [-0.39, 0.29) is 10.8 Å². The van der Waals surface area contributed by atoms with Gasteiger partial charge < -0.3 is 0 Å². The summed E-state index contributed by atoms with van der Waals surface area (Å²) in [5.41, 5.74) is 8.88. The summed E-state index contributed by atoms with van der Waals surface area (Å²) in [5, 5.41) is 11.6. The van der Waals surface area contributed by atoms with Crippen molar-refractivity contribution in [3.05, 3.63) is 119 Å². The van der Waals surface area contributed by atoms with E-state index in [1.54, 1.807) is 0 Å². The molecule has 0 amide bonds. The highest BCUT2D eigenvalue weighted by atomic mass is 15.3. The topological polar surface area (TPSA) is 41.6 Å². The number of nitrogens with one attached hydrogen (secondary N) is 1. The number of hydrogen-bond acceptors (Lipinski definition) is 2. The van der Waals surface area contributed by atoms with E-state index in [1.807, 2.05) is 6.07 Å². The molecule has 0 fully saturated rings. The van der Waals surface area contributed by atoms with E-state index in [9.17, 15) is 0 Å². The van der Waals surface area contributed by atoms with Gasteiger partial charge in [0, 0.05) is 16.4 Å². The van der Waals surface area contributed by atoms with Crippen LogP contribution in [0.4, 0.5) is 0 Å². The molecule has 33 heavy (non-hydrogen) atoms. The van der Waals surface area contributed by atoms with Crippen LogP contribution >= 0.6 is 0 Å². The van der Waals surface area contributed by atoms with Gasteiger partial charge in [-0.05, 0) is 33.9 Å². The van der Waals surface area contributed by atoms with Crippen LogP contribution in [0.5, 0.6) is 0 Å². The third-order valence-corrected chi connectivity index (χ3v) is 7.03. The summed E-state index contributed by atoms with van der Waals surface area (Å²) in [7, 11) is 0. The van der Waals surface area contributed by atoms with Crippen molar-refractivity contribution in [3.8, 4) is 11.1 Å². The molecule has 0 aliphatic rings. The second kappa shape index (κ2) is 8.00. The molecule has 1 aromatic heterocycles. The molecule has 4 aromatic carbocycles. The molecule has 0 aliphatic heterocycles. The summed E-state index contributed by atoms with van der Waals surface area (Å²) in [4.78, 5) is 0. The zero-order chi connectivity index (χ0) is 23.1. The SMILES string of the molecule is CC(C)(c1ccccc1)c1cc(-c2cccc3n[nH]nc23)cc(C(C)(C)c2ccccc2)c1. The maximum absolute atomic E-state index is 4.46. The fourth-order valence-corrected chi connectivity index (χ4v) is 4.65. The first-order valence-electron chi connectivity index (χ1n) is 11.4. The Balaban J connectivity index is 1.76. The largest absolute Gasteiger partial charge is 0.197 e. The van der Waals surface area contributed by atoms with Gasteiger partial charge in [0.15, 0.2) is 0 Å². The predicted molar refractivity (Wildman–Crippen MR) is 136 cm³/mol. The Kier molecular flexibility index (Phi) is 5.13. The fraction of sp³-hybridized carbons (Fsp3) is 0.200. The van der Waals surface area contributed by atoms with Crippen LogP contribution in [0.3, 0.4) is 0 Å². The molecule has 0 aliphatic carbocycles. The predicted octanol–water partition coefficient (Wildman–Crippen LogP) is 7.28. The van der Waals surface area contributed by atoms with Gasteiger partial charge in [-0.25, -0.2) is 0 Å². The monoisotopic (exact) mass is 431 g/mol. The summed E-state index contributed by atoms with van der Waals surface area (Å²) >= 11 is 0. The van der Waals surface area contributed by atoms with Crippen LogP contribution < -0.4 is 0 Å². The molecule has 5 rings (SSSR count). The molecule has 0 radical (unpaired) electrons. The van der Waals surface area contributed by atoms with Crippen LogP contribution in [0.2, 0.25) is 0 Å². The molecular formula is C30H29N3. The summed E-state index contributed by atoms with van der Waals surface area (Å²) in [6.45, 7) is 9.21. The number of rotatable bonds is 5. The van der Waals surface area contributed by atoms with E-state index in [0.29, 0.717) is 0 Å². The van der Waals surface area contributed by atoms with Crippen molar-refractivity contribution in [1.82, 2.24) is 15.4 Å². The number of fused-ring (bicyclic) bond motifs is 1. The fourth-order valence-electron chi connectivity index (χ4n) is 4.65. The molecule has 1 N–H and O–H groups in total. The van der Waals surface area contributed by atoms with Gasteiger partial charge in [0.1, 0.15) is 11.0 Å². The Bertz CT molecular complexity index is 1330. The first-order valence-corrected chi connectivity index (χ1v) is 11.4. The lowest BCUT2D eigenvalue weighted by Gasteiger charge is -2.32. The van der Waals surface area contributed by atoms with Crippen molar-refractivity contribution in [1.29, 1.82) is 0 Å². The van der Waals surface area contributed by atoms with Crippen molar-refractivity contribution in [2.45, 2.75) is 38.5 Å². The van der Waals surface area contributed by atoms with Crippen molar-refractivity contribution in [3.63, 3.8) is 0 Å². The Morgan fingerprint density at radius 3 is 1.64 bits per heavy atom. The average molecular weight is 432 g/mol. The molecular weight excluding hydrogens is 402 g/mol. The van der Waals surface area contributed by atoms with Gasteiger partial charge >= 0.3 is 0 Å². The van der Waals surface area contributed by atoms with Crippen LogP contribution in [-0.4, -0.2) is 15.4 Å². The highest BCUT2D eigenvalue weighted by Gasteiger charge is 2.29. The third-order valence-electron chi connectivity index (χ3n) is 7.03. The number of para-hydroxylation sites is 1. The minimum absolute atomic E-state index is 0.156. The normalized spacial score (nSPS) is 12.2. The van der Waals surface area contributed by atoms with Gasteiger partial charge in [0.25, 0.3) is 0 Å². The zero-order valence-corrected chi connectivity index (χ0v) is 19.6. The Hall–Kier alpha value is -3.72. The minimum Gasteiger partial charge on any atom is -0.197 e. The molecule has 3 heteroatoms. The molecule has 0 spiro atoms. The van der Waals surface area contributed by atoms with Crippen molar-refractivity contribution >= 4 is 11.0 Å². The quantitative estimate of drug-likeness (QED) is 0.318. The van der Waals surface area contributed by atoms with Crippen LogP contribution in [0.15, 0.2) is 97.1 Å². The first-order chi connectivity index (χ1) is 15.9. The Morgan fingerprint density at radius 1 is 0.545 bits per heavy atom. The van der Waals surface area contributed by atoms with Gasteiger partial charge in [-0.3, -0.25) is 0 Å². The van der Waals surface area contributed by atoms with Crippen molar-refractivity contribution in [2.24, 2.45) is 0 Å². The number of aromatic amines is 1. The second-order valence-corrected chi connectivity index (χ2v) is 9.78. The smallest absolute Gasteiger partial charge is 0.120 e. The number of H-pyrrole nitrogens is 1. The minimum atomic E-state index is -0.156. The van der Waals surface area contributed by atoms with Crippen molar-refractivity contribution < 1.29 is 0 Å². The van der Waals surface area contributed by atoms with E-state index in [2.05, 4.69) is 134 Å². The van der Waals surface area contributed by atoms with Crippen molar-refractivity contribution in [2.75, 3.05) is 0 Å². The molecule has 164 valence electrons. The molecule has 0 bridgehead atoms. The summed E-state index contributed by atoms with van der Waals surface area (Å²) in [5.74, 6) is 0. The molecule has 3 nitrogen and oxygen atoms in total. The number of benzene rings is 4. The Morgan fingerprint density at radius 2 is 1.09 bits per heavy atom. The van der Waals surface area contributed by atoms with E-state index in [0.717, 1.165) is 22.2 Å². The first kappa shape index (κ1) is 21.1. The number of aromatic nitrogens is 3. The van der Waals surface area contributed by atoms with Crippen LogP contribution in [0, 0.1) is 0 Å². The highest BCUT2D eigenvalue weighted by molar-refractivity contribution is 5.91. The second-order valence-electron chi connectivity index (χ2n) is 9.78. The van der Waals surface area contributed by atoms with E-state index in [1.165, 1.54) is 22.3 Å². The van der Waals surface area contributed by atoms with Gasteiger partial charge in [-0.1, -0.05) is 119 Å². The van der Waals surface area contributed by atoms with Gasteiger partial charge in [0.2, 0.25) is 0 Å². The van der Waals surface area contributed by atoms with Gasteiger partial charge in [0.05, 0.1) is 0 Å². The van der Waals surface area contributed by atoms with E-state index in [4.69, 9.17) is 0 Å². The maximum atomic E-state index is 4.46. The molecule has 5 aromatic rings. The lowest BCUT2D eigenvalue weighted by molar-refractivity contribution is 0.618. The number of hydrogen-bond donors (Lipinski definition) is 1. The molecule has 0 saturated carbocycles. The van der Waals surface area contributed by atoms with Crippen LogP contribution in [0.25, 0.3) is 22.2 Å². The van der Waals surface area contributed by atoms with E-state index >= 15 is 0 Å². The summed E-state index contributed by atoms with van der Waals surface area (Å²) in [6.07, 6.45) is 0. The molecule has 0 atom stereocenters. The molecule has 0 unspecified atom stereocenters. The van der Waals surface area contributed by atoms with Crippen LogP contribution in [0.1, 0.15) is 49.9 Å². The summed E-state index contributed by atoms with van der Waals surface area (Å²) in [6, 6.07) is 34.7. The zero-order valence-electron chi connectivity index (χ0n) is 19.6. The van der Waals surface area contributed by atoms with Gasteiger partial charge in [-0.15, -0.1) is 0 Å². The average Bonchev–Trinajstić information content (AvgIpc) is 3.34. The summed E-state index contributed by atoms with van der Waals surface area (Å²) < 4.78 is 0. The highest BCUT2D eigenvalue weighted by Crippen LogP contribution is 2.40. The maximum Gasteiger partial charge on any atom is 0.120 e. The molecule has 1 heterocycles. The lowest BCUT2D eigenvalue weighted by Crippen LogP contribution is -2.23. The lowest BCUT2D eigenvalue weighted by atomic mass is 9.72. The van der Waals surface area contributed by atoms with Gasteiger partial charge in [-0.2, -0.15) is 15.4 Å².